The van der Waals surface area contributed by atoms with Crippen LogP contribution in [0, 0.1) is 0 Å². The van der Waals surface area contributed by atoms with E-state index < -0.39 is 12.6 Å². The van der Waals surface area contributed by atoms with Crippen molar-refractivity contribution in [1.29, 1.82) is 0 Å². The second-order valence-corrected chi connectivity index (χ2v) is 5.51. The molecule has 1 rings (SSSR count). The van der Waals surface area contributed by atoms with E-state index in [9.17, 15) is 13.6 Å². The molecule has 0 spiro atoms. The Morgan fingerprint density at radius 2 is 2.10 bits per heavy atom. The highest BCUT2D eigenvalue weighted by molar-refractivity contribution is 7.99. The molecule has 0 bridgehead atoms. The van der Waals surface area contributed by atoms with Gasteiger partial charge in [-0.3, -0.25) is 4.79 Å². The number of thioether (sulfide) groups is 1. The van der Waals surface area contributed by atoms with Gasteiger partial charge in [-0.15, -0.1) is 0 Å². The standard InChI is InChI=1S/C13H16F2O4S/c1-8(5-12(16)17)20-7-9-3-4-10(19-13(14)15)11(6-9)18-2/h3-4,6,8,13H,5,7H2,1-2H3,(H,16,17). The SMILES string of the molecule is COc1cc(CSC(C)CC(=O)O)ccc1OC(F)F. The molecule has 7 heteroatoms. The van der Waals surface area contributed by atoms with E-state index in [4.69, 9.17) is 9.84 Å². The molecule has 0 amide bonds. The maximum atomic E-state index is 12.2. The van der Waals surface area contributed by atoms with Crippen LogP contribution in [0.25, 0.3) is 0 Å². The van der Waals surface area contributed by atoms with Crippen molar-refractivity contribution in [3.05, 3.63) is 23.8 Å². The number of carboxylic acid groups (broad SMARTS) is 1. The zero-order valence-corrected chi connectivity index (χ0v) is 12.0. The molecule has 1 aromatic carbocycles. The summed E-state index contributed by atoms with van der Waals surface area (Å²) in [7, 11) is 1.37. The molecule has 112 valence electrons. The molecular formula is C13H16F2O4S. The van der Waals surface area contributed by atoms with Gasteiger partial charge in [0.15, 0.2) is 11.5 Å². The molecular weight excluding hydrogens is 290 g/mol. The summed E-state index contributed by atoms with van der Waals surface area (Å²) < 4.78 is 33.7. The minimum absolute atomic E-state index is 0.0187. The molecule has 0 heterocycles. The molecule has 0 aromatic heterocycles. The fourth-order valence-electron chi connectivity index (χ4n) is 1.54. The van der Waals surface area contributed by atoms with Crippen LogP contribution in [0.4, 0.5) is 8.78 Å². The fourth-order valence-corrected chi connectivity index (χ4v) is 2.46. The first-order valence-corrected chi connectivity index (χ1v) is 6.92. The highest BCUT2D eigenvalue weighted by Crippen LogP contribution is 2.31. The second kappa shape index (κ2) is 7.94. The number of carbonyl (C=O) groups is 1. The van der Waals surface area contributed by atoms with E-state index in [1.165, 1.54) is 24.9 Å². The molecule has 0 aliphatic heterocycles. The van der Waals surface area contributed by atoms with Gasteiger partial charge in [-0.25, -0.2) is 0 Å². The van der Waals surface area contributed by atoms with Crippen LogP contribution < -0.4 is 9.47 Å². The molecule has 1 N–H and O–H groups in total. The van der Waals surface area contributed by atoms with E-state index >= 15 is 0 Å². The van der Waals surface area contributed by atoms with E-state index in [2.05, 4.69) is 4.74 Å². The lowest BCUT2D eigenvalue weighted by molar-refractivity contribution is -0.136. The number of carboxylic acids is 1. The van der Waals surface area contributed by atoms with Crippen LogP contribution in [0.15, 0.2) is 18.2 Å². The Morgan fingerprint density at radius 3 is 2.65 bits per heavy atom. The number of halogens is 2. The first-order valence-electron chi connectivity index (χ1n) is 5.87. The summed E-state index contributed by atoms with van der Waals surface area (Å²) in [4.78, 5) is 10.5. The summed E-state index contributed by atoms with van der Waals surface area (Å²) in [5.74, 6) is -0.0628. The minimum Gasteiger partial charge on any atom is -0.493 e. The molecule has 0 saturated carbocycles. The first kappa shape index (κ1) is 16.6. The van der Waals surface area contributed by atoms with Gasteiger partial charge in [0.05, 0.1) is 13.5 Å². The van der Waals surface area contributed by atoms with Crippen molar-refractivity contribution in [3.63, 3.8) is 0 Å². The van der Waals surface area contributed by atoms with E-state index in [0.29, 0.717) is 5.75 Å². The smallest absolute Gasteiger partial charge is 0.387 e. The van der Waals surface area contributed by atoms with Crippen LogP contribution in [-0.4, -0.2) is 30.0 Å². The average molecular weight is 306 g/mol. The maximum absolute atomic E-state index is 12.2. The van der Waals surface area contributed by atoms with Gasteiger partial charge in [0.2, 0.25) is 0 Å². The zero-order chi connectivity index (χ0) is 15.1. The third kappa shape index (κ3) is 5.64. The van der Waals surface area contributed by atoms with E-state index in [1.54, 1.807) is 12.1 Å². The molecule has 0 radical (unpaired) electrons. The molecule has 0 aliphatic rings. The van der Waals surface area contributed by atoms with Gasteiger partial charge in [0.1, 0.15) is 0 Å². The Kier molecular flexibility index (Phi) is 6.57. The van der Waals surface area contributed by atoms with Gasteiger partial charge in [-0.2, -0.15) is 20.5 Å². The summed E-state index contributed by atoms with van der Waals surface area (Å²) in [6, 6.07) is 4.68. The van der Waals surface area contributed by atoms with Crippen molar-refractivity contribution in [2.75, 3.05) is 7.11 Å². The largest absolute Gasteiger partial charge is 0.493 e. The highest BCUT2D eigenvalue weighted by Gasteiger charge is 2.12. The number of ether oxygens (including phenoxy) is 2. The van der Waals surface area contributed by atoms with E-state index in [0.717, 1.165) is 5.56 Å². The van der Waals surface area contributed by atoms with Crippen molar-refractivity contribution in [1.82, 2.24) is 0 Å². The van der Waals surface area contributed by atoms with E-state index in [-0.39, 0.29) is 23.2 Å². The summed E-state index contributed by atoms with van der Waals surface area (Å²) >= 11 is 1.47. The number of hydrogen-bond donors (Lipinski definition) is 1. The van der Waals surface area contributed by atoms with Gasteiger partial charge in [0.25, 0.3) is 0 Å². The monoisotopic (exact) mass is 306 g/mol. The van der Waals surface area contributed by atoms with Crippen molar-refractivity contribution in [2.24, 2.45) is 0 Å². The Balaban J connectivity index is 2.65. The summed E-state index contributed by atoms with van der Waals surface area (Å²) in [5, 5.41) is 8.63. The number of rotatable bonds is 8. The number of alkyl halides is 2. The molecule has 1 unspecified atom stereocenters. The molecule has 4 nitrogen and oxygen atoms in total. The van der Waals surface area contributed by atoms with Gasteiger partial charge in [-0.1, -0.05) is 13.0 Å². The summed E-state index contributed by atoms with van der Waals surface area (Å²) in [5.41, 5.74) is 0.853. The Bertz CT molecular complexity index is 454. The third-order valence-corrected chi connectivity index (χ3v) is 3.68. The Hall–Kier alpha value is -1.50. The Morgan fingerprint density at radius 1 is 1.40 bits per heavy atom. The zero-order valence-electron chi connectivity index (χ0n) is 11.1. The lowest BCUT2D eigenvalue weighted by atomic mass is 10.2. The van der Waals surface area contributed by atoms with E-state index in [1.807, 2.05) is 6.92 Å². The van der Waals surface area contributed by atoms with Crippen LogP contribution in [0.2, 0.25) is 0 Å². The van der Waals surface area contributed by atoms with Crippen LogP contribution in [0.5, 0.6) is 11.5 Å². The fraction of sp³-hybridized carbons (Fsp3) is 0.462. The average Bonchev–Trinajstić information content (AvgIpc) is 2.36. The molecule has 20 heavy (non-hydrogen) atoms. The molecule has 1 aromatic rings. The minimum atomic E-state index is -2.90. The topological polar surface area (TPSA) is 55.8 Å². The predicted molar refractivity (Wildman–Crippen MR) is 72.6 cm³/mol. The molecule has 0 saturated heterocycles. The Labute approximate surface area is 120 Å². The second-order valence-electron chi connectivity index (χ2n) is 4.08. The first-order chi connectivity index (χ1) is 9.42. The van der Waals surface area contributed by atoms with Crippen LogP contribution >= 0.6 is 11.8 Å². The van der Waals surface area contributed by atoms with Crippen LogP contribution in [0.3, 0.4) is 0 Å². The normalized spacial score (nSPS) is 12.2. The highest BCUT2D eigenvalue weighted by atomic mass is 32.2. The van der Waals surface area contributed by atoms with Crippen molar-refractivity contribution in [3.8, 4) is 11.5 Å². The number of hydrogen-bond acceptors (Lipinski definition) is 4. The number of methoxy groups -OCH3 is 1. The molecule has 1 atom stereocenters. The van der Waals surface area contributed by atoms with Crippen molar-refractivity contribution >= 4 is 17.7 Å². The van der Waals surface area contributed by atoms with Crippen LogP contribution in [-0.2, 0) is 10.5 Å². The van der Waals surface area contributed by atoms with Crippen molar-refractivity contribution in [2.45, 2.75) is 31.0 Å². The van der Waals surface area contributed by atoms with Gasteiger partial charge < -0.3 is 14.6 Å². The van der Waals surface area contributed by atoms with Gasteiger partial charge in [0, 0.05) is 11.0 Å². The third-order valence-electron chi connectivity index (χ3n) is 2.44. The molecule has 0 fully saturated rings. The summed E-state index contributed by atoms with van der Waals surface area (Å²) in [6.07, 6.45) is 0.0778. The molecule has 0 aliphatic carbocycles. The van der Waals surface area contributed by atoms with Crippen LogP contribution in [0.1, 0.15) is 18.9 Å². The van der Waals surface area contributed by atoms with Gasteiger partial charge >= 0.3 is 12.6 Å². The van der Waals surface area contributed by atoms with Crippen molar-refractivity contribution < 1.29 is 28.2 Å². The maximum Gasteiger partial charge on any atom is 0.387 e. The number of aliphatic carboxylic acids is 1. The lowest BCUT2D eigenvalue weighted by Gasteiger charge is -2.12. The summed E-state index contributed by atoms with van der Waals surface area (Å²) in [6.45, 7) is -1.08. The van der Waals surface area contributed by atoms with Gasteiger partial charge in [-0.05, 0) is 17.7 Å². The quantitative estimate of drug-likeness (QED) is 0.798. The predicted octanol–water partition coefficient (Wildman–Crippen LogP) is 3.39. The number of benzene rings is 1. The lowest BCUT2D eigenvalue weighted by Crippen LogP contribution is -2.06.